The van der Waals surface area contributed by atoms with Gasteiger partial charge in [-0.05, 0) is 31.9 Å². The molecule has 1 aliphatic heterocycles. The molecule has 1 aromatic rings. The molecule has 2 rings (SSSR count). The van der Waals surface area contributed by atoms with Gasteiger partial charge in [0.1, 0.15) is 5.82 Å². The largest absolute Gasteiger partial charge is 0.481 e. The molecule has 1 N–H and O–H groups in total. The first-order valence-corrected chi connectivity index (χ1v) is 6.88. The molecule has 5 heteroatoms. The molecule has 0 spiro atoms. The van der Waals surface area contributed by atoms with Crippen molar-refractivity contribution in [2.24, 2.45) is 5.41 Å². The number of piperidine rings is 1. The van der Waals surface area contributed by atoms with Crippen molar-refractivity contribution in [1.82, 2.24) is 14.9 Å². The van der Waals surface area contributed by atoms with E-state index >= 15 is 0 Å². The van der Waals surface area contributed by atoms with Gasteiger partial charge in [-0.3, -0.25) is 9.69 Å². The van der Waals surface area contributed by atoms with E-state index in [1.54, 1.807) is 18.5 Å². The van der Waals surface area contributed by atoms with Crippen LogP contribution in [-0.2, 0) is 11.3 Å². The third-order valence-corrected chi connectivity index (χ3v) is 3.82. The summed E-state index contributed by atoms with van der Waals surface area (Å²) in [5.74, 6) is 0.105. The summed E-state index contributed by atoms with van der Waals surface area (Å²) < 4.78 is 0. The zero-order chi connectivity index (χ0) is 13.7. The number of carbonyl (C=O) groups is 1. The normalized spacial score (nSPS) is 24.3. The van der Waals surface area contributed by atoms with Crippen LogP contribution in [0.5, 0.6) is 0 Å². The van der Waals surface area contributed by atoms with Crippen molar-refractivity contribution in [3.63, 3.8) is 0 Å². The highest BCUT2D eigenvalue weighted by atomic mass is 16.4. The molecule has 2 heterocycles. The summed E-state index contributed by atoms with van der Waals surface area (Å²) in [6, 6.07) is 1.79. The summed E-state index contributed by atoms with van der Waals surface area (Å²) in [5, 5.41) is 9.55. The number of nitrogens with zero attached hydrogens (tertiary/aromatic N) is 3. The van der Waals surface area contributed by atoms with E-state index in [2.05, 4.69) is 14.9 Å². The van der Waals surface area contributed by atoms with E-state index in [4.69, 9.17) is 0 Å². The number of hydrogen-bond acceptors (Lipinski definition) is 4. The van der Waals surface area contributed by atoms with Gasteiger partial charge in [0.15, 0.2) is 0 Å². The lowest BCUT2D eigenvalue weighted by Gasteiger charge is -2.39. The number of carboxylic acids is 1. The van der Waals surface area contributed by atoms with Gasteiger partial charge in [-0.1, -0.05) is 13.3 Å². The Morgan fingerprint density at radius 2 is 2.21 bits per heavy atom. The van der Waals surface area contributed by atoms with E-state index in [0.717, 1.165) is 38.1 Å². The smallest absolute Gasteiger partial charge is 0.310 e. The van der Waals surface area contributed by atoms with Crippen molar-refractivity contribution < 1.29 is 9.90 Å². The summed E-state index contributed by atoms with van der Waals surface area (Å²) in [6.45, 7) is 4.22. The maximum absolute atomic E-state index is 11.6. The predicted molar refractivity (Wildman–Crippen MR) is 71.5 cm³/mol. The fraction of sp³-hybridized carbons (Fsp3) is 0.643. The molecule has 19 heavy (non-hydrogen) atoms. The summed E-state index contributed by atoms with van der Waals surface area (Å²) in [7, 11) is 0. The van der Waals surface area contributed by atoms with Crippen LogP contribution >= 0.6 is 0 Å². The number of carboxylic acid groups (broad SMARTS) is 1. The fourth-order valence-electron chi connectivity index (χ4n) is 2.94. The lowest BCUT2D eigenvalue weighted by Crippen LogP contribution is -2.47. The molecule has 1 saturated heterocycles. The van der Waals surface area contributed by atoms with Crippen LogP contribution in [0.4, 0.5) is 0 Å². The first-order chi connectivity index (χ1) is 9.16. The lowest BCUT2D eigenvalue weighted by atomic mass is 9.76. The third-order valence-electron chi connectivity index (χ3n) is 3.82. The van der Waals surface area contributed by atoms with Crippen LogP contribution in [0.1, 0.15) is 38.4 Å². The molecule has 1 unspecified atom stereocenters. The lowest BCUT2D eigenvalue weighted by molar-refractivity contribution is -0.153. The van der Waals surface area contributed by atoms with Crippen molar-refractivity contribution in [3.05, 3.63) is 24.3 Å². The molecule has 0 bridgehead atoms. The van der Waals surface area contributed by atoms with Crippen LogP contribution in [0, 0.1) is 5.41 Å². The van der Waals surface area contributed by atoms with E-state index in [-0.39, 0.29) is 0 Å². The second kappa shape index (κ2) is 6.10. The molecular weight excluding hydrogens is 242 g/mol. The third kappa shape index (κ3) is 3.29. The van der Waals surface area contributed by atoms with Gasteiger partial charge in [0.2, 0.25) is 0 Å². The molecule has 1 atom stereocenters. The highest BCUT2D eigenvalue weighted by Crippen LogP contribution is 2.35. The molecule has 0 radical (unpaired) electrons. The van der Waals surface area contributed by atoms with Gasteiger partial charge in [0.25, 0.3) is 0 Å². The first kappa shape index (κ1) is 13.9. The van der Waals surface area contributed by atoms with Gasteiger partial charge in [0.05, 0.1) is 12.0 Å². The number of rotatable bonds is 5. The van der Waals surface area contributed by atoms with Crippen LogP contribution in [0.15, 0.2) is 18.5 Å². The molecule has 0 saturated carbocycles. The topological polar surface area (TPSA) is 66.3 Å². The Hall–Kier alpha value is -1.49. The summed E-state index contributed by atoms with van der Waals surface area (Å²) in [6.07, 6.45) is 6.81. The fourth-order valence-corrected chi connectivity index (χ4v) is 2.94. The minimum Gasteiger partial charge on any atom is -0.481 e. The van der Waals surface area contributed by atoms with Crippen molar-refractivity contribution >= 4 is 5.97 Å². The highest BCUT2D eigenvalue weighted by molar-refractivity contribution is 5.75. The quantitative estimate of drug-likeness (QED) is 0.879. The summed E-state index contributed by atoms with van der Waals surface area (Å²) in [4.78, 5) is 22.2. The second-order valence-corrected chi connectivity index (χ2v) is 5.31. The Balaban J connectivity index is 2.05. The zero-order valence-corrected chi connectivity index (χ0v) is 11.4. The summed E-state index contributed by atoms with van der Waals surface area (Å²) >= 11 is 0. The monoisotopic (exact) mass is 263 g/mol. The van der Waals surface area contributed by atoms with Gasteiger partial charge in [0, 0.05) is 18.9 Å². The molecular formula is C14H21N3O2. The van der Waals surface area contributed by atoms with Gasteiger partial charge in [-0.2, -0.15) is 0 Å². The average Bonchev–Trinajstić information content (AvgIpc) is 2.40. The maximum Gasteiger partial charge on any atom is 0.310 e. The van der Waals surface area contributed by atoms with Gasteiger partial charge >= 0.3 is 5.97 Å². The molecule has 1 aromatic heterocycles. The van der Waals surface area contributed by atoms with Crippen LogP contribution in [0.25, 0.3) is 0 Å². The standard InChI is InChI=1S/C14H21N3O2/c1-2-5-14(13(18)19)6-3-9-17(11-14)10-12-15-7-4-8-16-12/h4,7-8H,2-3,5-6,9-11H2,1H3,(H,18,19). The van der Waals surface area contributed by atoms with E-state index in [9.17, 15) is 9.90 Å². The maximum atomic E-state index is 11.6. The van der Waals surface area contributed by atoms with E-state index < -0.39 is 11.4 Å². The summed E-state index contributed by atoms with van der Waals surface area (Å²) in [5.41, 5.74) is -0.582. The number of hydrogen-bond donors (Lipinski definition) is 1. The highest BCUT2D eigenvalue weighted by Gasteiger charge is 2.41. The molecule has 104 valence electrons. The van der Waals surface area contributed by atoms with E-state index in [1.807, 2.05) is 6.92 Å². The Kier molecular flexibility index (Phi) is 4.47. The Labute approximate surface area is 113 Å². The Morgan fingerprint density at radius 3 is 2.84 bits per heavy atom. The minimum atomic E-state index is -0.659. The average molecular weight is 263 g/mol. The van der Waals surface area contributed by atoms with Crippen molar-refractivity contribution in [2.75, 3.05) is 13.1 Å². The molecule has 0 amide bonds. The zero-order valence-electron chi connectivity index (χ0n) is 11.4. The SMILES string of the molecule is CCCC1(C(=O)O)CCCN(Cc2ncccn2)C1. The number of aliphatic carboxylic acids is 1. The molecule has 1 fully saturated rings. The minimum absolute atomic E-state index is 0.582. The predicted octanol–water partition coefficient (Wildman–Crippen LogP) is 1.94. The molecule has 0 aliphatic carbocycles. The van der Waals surface area contributed by atoms with E-state index in [1.165, 1.54) is 0 Å². The van der Waals surface area contributed by atoms with Gasteiger partial charge in [-0.15, -0.1) is 0 Å². The number of aromatic nitrogens is 2. The Morgan fingerprint density at radius 1 is 1.47 bits per heavy atom. The molecule has 1 aliphatic rings. The van der Waals surface area contributed by atoms with Crippen molar-refractivity contribution in [2.45, 2.75) is 39.2 Å². The first-order valence-electron chi connectivity index (χ1n) is 6.88. The number of likely N-dealkylation sites (tertiary alicyclic amines) is 1. The van der Waals surface area contributed by atoms with Gasteiger partial charge < -0.3 is 5.11 Å². The molecule has 0 aromatic carbocycles. The van der Waals surface area contributed by atoms with Crippen LogP contribution in [0.3, 0.4) is 0 Å². The van der Waals surface area contributed by atoms with Crippen molar-refractivity contribution in [1.29, 1.82) is 0 Å². The van der Waals surface area contributed by atoms with Crippen LogP contribution in [0.2, 0.25) is 0 Å². The Bertz CT molecular complexity index is 420. The molecule has 5 nitrogen and oxygen atoms in total. The van der Waals surface area contributed by atoms with Crippen LogP contribution < -0.4 is 0 Å². The second-order valence-electron chi connectivity index (χ2n) is 5.31. The van der Waals surface area contributed by atoms with E-state index in [0.29, 0.717) is 13.1 Å². The van der Waals surface area contributed by atoms with Crippen molar-refractivity contribution in [3.8, 4) is 0 Å². The van der Waals surface area contributed by atoms with Gasteiger partial charge in [-0.25, -0.2) is 9.97 Å². The van der Waals surface area contributed by atoms with Crippen LogP contribution in [-0.4, -0.2) is 39.0 Å².